The van der Waals surface area contributed by atoms with E-state index in [1.165, 1.54) is 10.1 Å². The molecular formula is C21H26F2N4O2. The molecule has 2 aromatic rings. The summed E-state index contributed by atoms with van der Waals surface area (Å²) in [5.74, 6) is -1.80. The number of carbonyl (C=O) groups excluding carboxylic acids is 1. The second-order valence-electron chi connectivity index (χ2n) is 8.26. The molecule has 1 saturated carbocycles. The number of nitrogens with zero attached hydrogens (tertiary/aromatic N) is 3. The molecule has 156 valence electrons. The molecule has 1 aromatic heterocycles. The van der Waals surface area contributed by atoms with E-state index in [1.54, 1.807) is 6.92 Å². The van der Waals surface area contributed by atoms with Crippen LogP contribution in [0.1, 0.15) is 54.5 Å². The lowest BCUT2D eigenvalue weighted by molar-refractivity contribution is -0.0386. The fraction of sp³-hybridized carbons (Fsp3) is 0.524. The van der Waals surface area contributed by atoms with E-state index in [0.717, 1.165) is 13.1 Å². The van der Waals surface area contributed by atoms with Crippen molar-refractivity contribution < 1.29 is 18.3 Å². The molecule has 8 heteroatoms. The van der Waals surface area contributed by atoms with Crippen molar-refractivity contribution >= 4 is 6.03 Å². The van der Waals surface area contributed by atoms with Gasteiger partial charge >= 0.3 is 12.0 Å². The van der Waals surface area contributed by atoms with E-state index in [0.29, 0.717) is 23.1 Å². The number of aromatic nitrogens is 2. The van der Waals surface area contributed by atoms with Crippen molar-refractivity contribution in [1.82, 2.24) is 14.5 Å². The molecule has 1 saturated heterocycles. The molecular weight excluding hydrogens is 378 g/mol. The Morgan fingerprint density at radius 2 is 1.93 bits per heavy atom. The minimum absolute atomic E-state index is 0.0882. The number of imidazole rings is 1. The molecule has 0 atom stereocenters. The largest absolute Gasteiger partial charge is 0.425 e. The van der Waals surface area contributed by atoms with Gasteiger partial charge < -0.3 is 15.4 Å². The normalized spacial score (nSPS) is 20.4. The van der Waals surface area contributed by atoms with Crippen molar-refractivity contribution in [2.24, 2.45) is 5.73 Å². The summed E-state index contributed by atoms with van der Waals surface area (Å²) in [6.07, 6.45) is 0.179. The van der Waals surface area contributed by atoms with Crippen LogP contribution in [0.5, 0.6) is 11.8 Å². The average molecular weight is 404 g/mol. The SMILES string of the molecule is Cc1nc(Oc2cccc(C3CN(C)C3)c2)n(C(N)=O)c1C1CCC(F)(F)CC1. The van der Waals surface area contributed by atoms with E-state index < -0.39 is 12.0 Å². The van der Waals surface area contributed by atoms with Gasteiger partial charge in [-0.3, -0.25) is 0 Å². The Morgan fingerprint density at radius 1 is 1.24 bits per heavy atom. The molecule has 1 aliphatic carbocycles. The summed E-state index contributed by atoms with van der Waals surface area (Å²) in [5, 5.41) is 0. The van der Waals surface area contributed by atoms with E-state index in [2.05, 4.69) is 23.0 Å². The van der Waals surface area contributed by atoms with E-state index in [9.17, 15) is 13.6 Å². The van der Waals surface area contributed by atoms with Crippen LogP contribution >= 0.6 is 0 Å². The van der Waals surface area contributed by atoms with Crippen LogP contribution in [0.4, 0.5) is 13.6 Å². The second-order valence-corrected chi connectivity index (χ2v) is 8.26. The topological polar surface area (TPSA) is 73.4 Å². The summed E-state index contributed by atoms with van der Waals surface area (Å²) in [6, 6.07) is 7.10. The first kappa shape index (κ1) is 19.8. The van der Waals surface area contributed by atoms with Gasteiger partial charge in [0.25, 0.3) is 0 Å². The van der Waals surface area contributed by atoms with Crippen molar-refractivity contribution in [1.29, 1.82) is 0 Å². The van der Waals surface area contributed by atoms with Crippen LogP contribution < -0.4 is 10.5 Å². The number of likely N-dealkylation sites (tertiary alicyclic amines) is 1. The minimum atomic E-state index is -2.64. The molecule has 4 rings (SSSR count). The Balaban J connectivity index is 1.60. The molecule has 2 N–H and O–H groups in total. The molecule has 29 heavy (non-hydrogen) atoms. The molecule has 2 aliphatic rings. The van der Waals surface area contributed by atoms with Crippen molar-refractivity contribution in [3.05, 3.63) is 41.2 Å². The quantitative estimate of drug-likeness (QED) is 0.828. The number of rotatable bonds is 4. The Labute approximate surface area is 168 Å². The van der Waals surface area contributed by atoms with Crippen molar-refractivity contribution in [2.45, 2.75) is 50.4 Å². The van der Waals surface area contributed by atoms with E-state index >= 15 is 0 Å². The third-order valence-electron chi connectivity index (χ3n) is 5.99. The zero-order valence-electron chi connectivity index (χ0n) is 16.7. The first-order valence-corrected chi connectivity index (χ1v) is 9.97. The number of nitrogens with two attached hydrogens (primary N) is 1. The van der Waals surface area contributed by atoms with Gasteiger partial charge in [0.05, 0.1) is 11.4 Å². The highest BCUT2D eigenvalue weighted by molar-refractivity contribution is 5.77. The minimum Gasteiger partial charge on any atom is -0.425 e. The van der Waals surface area contributed by atoms with Crippen LogP contribution in [0.2, 0.25) is 0 Å². The monoisotopic (exact) mass is 404 g/mol. The molecule has 2 heterocycles. The van der Waals surface area contributed by atoms with Gasteiger partial charge in [0.1, 0.15) is 5.75 Å². The third-order valence-corrected chi connectivity index (χ3v) is 5.99. The summed E-state index contributed by atoms with van der Waals surface area (Å²) in [7, 11) is 2.08. The maximum atomic E-state index is 13.6. The summed E-state index contributed by atoms with van der Waals surface area (Å²) < 4.78 is 34.3. The number of primary amides is 1. The van der Waals surface area contributed by atoms with Crippen LogP contribution in [0.15, 0.2) is 24.3 Å². The zero-order valence-corrected chi connectivity index (χ0v) is 16.7. The number of halogens is 2. The first-order chi connectivity index (χ1) is 13.7. The smallest absolute Gasteiger partial charge is 0.327 e. The van der Waals surface area contributed by atoms with Crippen molar-refractivity contribution in [3.8, 4) is 11.8 Å². The lowest BCUT2D eigenvalue weighted by Gasteiger charge is -2.36. The van der Waals surface area contributed by atoms with Gasteiger partial charge in [-0.2, -0.15) is 4.98 Å². The molecule has 1 aliphatic heterocycles. The zero-order chi connectivity index (χ0) is 20.8. The van der Waals surface area contributed by atoms with Crippen LogP contribution in [-0.4, -0.2) is 46.5 Å². The molecule has 6 nitrogen and oxygen atoms in total. The number of likely N-dealkylation sites (N-methyl/N-ethyl adjacent to an activating group) is 1. The Kier molecular flexibility index (Phi) is 5.06. The Hall–Kier alpha value is -2.48. The highest BCUT2D eigenvalue weighted by Crippen LogP contribution is 2.43. The van der Waals surface area contributed by atoms with Gasteiger partial charge in [-0.15, -0.1) is 0 Å². The lowest BCUT2D eigenvalue weighted by Crippen LogP contribution is -2.41. The lowest BCUT2D eigenvalue weighted by atomic mass is 9.84. The summed E-state index contributed by atoms with van der Waals surface area (Å²) >= 11 is 0. The Morgan fingerprint density at radius 3 is 2.55 bits per heavy atom. The molecule has 0 bridgehead atoms. The number of ether oxygens (including phenoxy) is 1. The van der Waals surface area contributed by atoms with Gasteiger partial charge in [0, 0.05) is 37.8 Å². The van der Waals surface area contributed by atoms with Gasteiger partial charge in [0.2, 0.25) is 5.92 Å². The number of amides is 1. The number of alkyl halides is 2. The predicted molar refractivity (Wildman–Crippen MR) is 105 cm³/mol. The van der Waals surface area contributed by atoms with Crippen molar-refractivity contribution in [3.63, 3.8) is 0 Å². The fourth-order valence-corrected chi connectivity index (χ4v) is 4.44. The van der Waals surface area contributed by atoms with Crippen LogP contribution in [0.25, 0.3) is 0 Å². The number of benzene rings is 1. The standard InChI is InChI=1S/C21H26F2N4O2/c1-13-18(14-6-8-21(22,23)9-7-14)27(19(24)28)20(25-13)29-17-5-3-4-15(10-17)16-11-26(2)12-16/h3-5,10,14,16H,6-9,11-12H2,1-2H3,(H2,24,28). The summed E-state index contributed by atoms with van der Waals surface area (Å²) in [5.41, 5.74) is 7.96. The maximum absolute atomic E-state index is 13.6. The summed E-state index contributed by atoms with van der Waals surface area (Å²) in [6.45, 7) is 3.75. The van der Waals surface area contributed by atoms with Crippen molar-refractivity contribution in [2.75, 3.05) is 20.1 Å². The van der Waals surface area contributed by atoms with Gasteiger partial charge in [-0.1, -0.05) is 12.1 Å². The van der Waals surface area contributed by atoms with Crippen LogP contribution in [0.3, 0.4) is 0 Å². The van der Waals surface area contributed by atoms with Crippen LogP contribution in [0, 0.1) is 6.92 Å². The third kappa shape index (κ3) is 3.99. The predicted octanol–water partition coefficient (Wildman–Crippen LogP) is 4.23. The number of aryl methyl sites for hydroxylation is 1. The number of hydrogen-bond acceptors (Lipinski definition) is 4. The first-order valence-electron chi connectivity index (χ1n) is 9.97. The fourth-order valence-electron chi connectivity index (χ4n) is 4.44. The van der Waals surface area contributed by atoms with Crippen LogP contribution in [-0.2, 0) is 0 Å². The summed E-state index contributed by atoms with van der Waals surface area (Å²) in [4.78, 5) is 18.8. The highest BCUT2D eigenvalue weighted by atomic mass is 19.3. The molecule has 0 unspecified atom stereocenters. The molecule has 2 fully saturated rings. The van der Waals surface area contributed by atoms with Gasteiger partial charge in [-0.05, 0) is 44.5 Å². The van der Waals surface area contributed by atoms with E-state index in [4.69, 9.17) is 10.5 Å². The molecule has 0 spiro atoms. The Bertz CT molecular complexity index is 911. The van der Waals surface area contributed by atoms with E-state index in [-0.39, 0.29) is 37.6 Å². The number of hydrogen-bond donors (Lipinski definition) is 1. The second kappa shape index (κ2) is 7.40. The van der Waals surface area contributed by atoms with Gasteiger partial charge in [-0.25, -0.2) is 18.1 Å². The van der Waals surface area contributed by atoms with E-state index in [1.807, 2.05) is 18.2 Å². The average Bonchev–Trinajstić information content (AvgIpc) is 2.95. The highest BCUT2D eigenvalue weighted by Gasteiger charge is 2.38. The number of carbonyl (C=O) groups is 1. The van der Waals surface area contributed by atoms with Gasteiger partial charge in [0.15, 0.2) is 0 Å². The molecule has 1 aromatic carbocycles. The molecule has 0 radical (unpaired) electrons. The maximum Gasteiger partial charge on any atom is 0.327 e. The molecule has 1 amide bonds.